The van der Waals surface area contributed by atoms with Gasteiger partial charge in [-0.15, -0.1) is 0 Å². The molecule has 0 aromatic heterocycles. The highest BCUT2D eigenvalue weighted by molar-refractivity contribution is 5.83. The number of ether oxygens (including phenoxy) is 2. The zero-order chi connectivity index (χ0) is 14.3. The number of carbonyl (C=O) groups is 2. The fourth-order valence-electron chi connectivity index (χ4n) is 2.37. The maximum Gasteiger partial charge on any atom is 0.329 e. The van der Waals surface area contributed by atoms with Crippen molar-refractivity contribution in [3.8, 4) is 0 Å². The number of hydrogen-bond acceptors (Lipinski definition) is 5. The van der Waals surface area contributed by atoms with Crippen molar-refractivity contribution < 1.29 is 19.1 Å². The van der Waals surface area contributed by atoms with Crippen molar-refractivity contribution in [2.45, 2.75) is 38.8 Å². The number of nitrogens with one attached hydrogen (secondary N) is 2. The molecule has 1 amide bonds. The quantitative estimate of drug-likeness (QED) is 0.641. The topological polar surface area (TPSA) is 76.7 Å². The number of esters is 1. The van der Waals surface area contributed by atoms with E-state index < -0.39 is 12.0 Å². The van der Waals surface area contributed by atoms with Crippen LogP contribution in [0.3, 0.4) is 0 Å². The number of hydrogen-bond donors (Lipinski definition) is 2. The molecular formula is C13H24N2O4. The van der Waals surface area contributed by atoms with Crippen LogP contribution in [0.5, 0.6) is 0 Å². The number of rotatable bonds is 7. The average Bonchev–Trinajstić information content (AvgIpc) is 2.83. The molecule has 1 aliphatic rings. The SMILES string of the molecule is CCC1OCCC1CNCC(NC(C)=O)C(=O)OC. The van der Waals surface area contributed by atoms with Gasteiger partial charge in [-0.3, -0.25) is 4.79 Å². The van der Waals surface area contributed by atoms with E-state index in [9.17, 15) is 9.59 Å². The molecule has 1 fully saturated rings. The van der Waals surface area contributed by atoms with Crippen LogP contribution in [-0.2, 0) is 19.1 Å². The van der Waals surface area contributed by atoms with Crippen LogP contribution >= 0.6 is 0 Å². The van der Waals surface area contributed by atoms with Gasteiger partial charge in [0.2, 0.25) is 5.91 Å². The smallest absolute Gasteiger partial charge is 0.329 e. The summed E-state index contributed by atoms with van der Waals surface area (Å²) in [4.78, 5) is 22.5. The fourth-order valence-corrected chi connectivity index (χ4v) is 2.37. The molecule has 3 atom stereocenters. The lowest BCUT2D eigenvalue weighted by Crippen LogP contribution is -2.48. The molecule has 0 aliphatic carbocycles. The van der Waals surface area contributed by atoms with E-state index in [4.69, 9.17) is 4.74 Å². The summed E-state index contributed by atoms with van der Waals surface area (Å²) in [6.07, 6.45) is 2.33. The largest absolute Gasteiger partial charge is 0.467 e. The Kier molecular flexibility index (Phi) is 6.80. The summed E-state index contributed by atoms with van der Waals surface area (Å²) in [5.74, 6) is -0.203. The Morgan fingerprint density at radius 1 is 1.47 bits per heavy atom. The number of amides is 1. The van der Waals surface area contributed by atoms with Gasteiger partial charge in [0, 0.05) is 26.6 Å². The Morgan fingerprint density at radius 2 is 2.21 bits per heavy atom. The summed E-state index contributed by atoms with van der Waals surface area (Å²) in [7, 11) is 1.31. The molecule has 0 spiro atoms. The van der Waals surface area contributed by atoms with Gasteiger partial charge in [0.15, 0.2) is 0 Å². The van der Waals surface area contributed by atoms with Gasteiger partial charge < -0.3 is 20.1 Å². The van der Waals surface area contributed by atoms with Gasteiger partial charge >= 0.3 is 5.97 Å². The van der Waals surface area contributed by atoms with E-state index in [0.717, 1.165) is 26.0 Å². The molecule has 1 aliphatic heterocycles. The standard InChI is InChI=1S/C13H24N2O4/c1-4-12-10(5-6-19-12)7-14-8-11(13(17)18-3)15-9(2)16/h10-12,14H,4-8H2,1-3H3,(H,15,16). The first-order valence-electron chi connectivity index (χ1n) is 6.75. The second-order valence-corrected chi connectivity index (χ2v) is 4.80. The highest BCUT2D eigenvalue weighted by Gasteiger charge is 2.27. The van der Waals surface area contributed by atoms with Crippen LogP contribution in [0.4, 0.5) is 0 Å². The van der Waals surface area contributed by atoms with Crippen molar-refractivity contribution in [1.82, 2.24) is 10.6 Å². The van der Waals surface area contributed by atoms with Gasteiger partial charge in [0.25, 0.3) is 0 Å². The molecule has 19 heavy (non-hydrogen) atoms. The zero-order valence-corrected chi connectivity index (χ0v) is 11.9. The number of carbonyl (C=O) groups excluding carboxylic acids is 2. The third kappa shape index (κ3) is 5.16. The van der Waals surface area contributed by atoms with E-state index in [1.807, 2.05) is 0 Å². The van der Waals surface area contributed by atoms with E-state index in [-0.39, 0.29) is 5.91 Å². The lowest BCUT2D eigenvalue weighted by molar-refractivity contribution is -0.144. The molecule has 110 valence electrons. The predicted molar refractivity (Wildman–Crippen MR) is 70.6 cm³/mol. The van der Waals surface area contributed by atoms with Crippen molar-refractivity contribution in [3.05, 3.63) is 0 Å². The lowest BCUT2D eigenvalue weighted by Gasteiger charge is -2.20. The normalized spacial score (nSPS) is 23.9. The third-order valence-corrected chi connectivity index (χ3v) is 3.37. The van der Waals surface area contributed by atoms with Crippen LogP contribution in [0.2, 0.25) is 0 Å². The fraction of sp³-hybridized carbons (Fsp3) is 0.846. The van der Waals surface area contributed by atoms with Crippen LogP contribution < -0.4 is 10.6 Å². The van der Waals surface area contributed by atoms with Crippen LogP contribution in [0.25, 0.3) is 0 Å². The van der Waals surface area contributed by atoms with Crippen LogP contribution in [0.15, 0.2) is 0 Å². The van der Waals surface area contributed by atoms with Crippen LogP contribution in [-0.4, -0.2) is 50.8 Å². The van der Waals surface area contributed by atoms with Crippen molar-refractivity contribution in [3.63, 3.8) is 0 Å². The Balaban J connectivity index is 2.35. The molecule has 0 saturated carbocycles. The van der Waals surface area contributed by atoms with E-state index in [2.05, 4.69) is 22.3 Å². The first-order valence-corrected chi connectivity index (χ1v) is 6.75. The average molecular weight is 272 g/mol. The third-order valence-electron chi connectivity index (χ3n) is 3.37. The van der Waals surface area contributed by atoms with E-state index in [1.165, 1.54) is 14.0 Å². The van der Waals surface area contributed by atoms with Crippen LogP contribution in [0.1, 0.15) is 26.7 Å². The Labute approximate surface area is 114 Å². The molecule has 0 aromatic rings. The van der Waals surface area contributed by atoms with E-state index in [1.54, 1.807) is 0 Å². The minimum Gasteiger partial charge on any atom is -0.467 e. The highest BCUT2D eigenvalue weighted by Crippen LogP contribution is 2.22. The maximum atomic E-state index is 11.5. The summed E-state index contributed by atoms with van der Waals surface area (Å²) in [5.41, 5.74) is 0. The molecule has 6 heteroatoms. The second-order valence-electron chi connectivity index (χ2n) is 4.80. The molecule has 2 N–H and O–H groups in total. The van der Waals surface area contributed by atoms with Gasteiger partial charge in [0.05, 0.1) is 13.2 Å². The van der Waals surface area contributed by atoms with E-state index >= 15 is 0 Å². The predicted octanol–water partition coefficient (Wildman–Crippen LogP) is 0.0688. The van der Waals surface area contributed by atoms with Crippen molar-refractivity contribution in [2.75, 3.05) is 26.8 Å². The lowest BCUT2D eigenvalue weighted by atomic mass is 9.99. The van der Waals surface area contributed by atoms with Crippen molar-refractivity contribution in [1.29, 1.82) is 0 Å². The van der Waals surface area contributed by atoms with Crippen molar-refractivity contribution in [2.24, 2.45) is 5.92 Å². The molecule has 1 saturated heterocycles. The van der Waals surface area contributed by atoms with Crippen LogP contribution in [0, 0.1) is 5.92 Å². The van der Waals surface area contributed by atoms with E-state index in [0.29, 0.717) is 18.6 Å². The summed E-state index contributed by atoms with van der Waals surface area (Å²) in [6.45, 7) is 5.45. The van der Waals surface area contributed by atoms with Gasteiger partial charge in [-0.1, -0.05) is 6.92 Å². The Morgan fingerprint density at radius 3 is 2.79 bits per heavy atom. The van der Waals surface area contributed by atoms with Gasteiger partial charge in [-0.2, -0.15) is 0 Å². The first-order chi connectivity index (χ1) is 9.08. The molecule has 1 rings (SSSR count). The Hall–Kier alpha value is -1.14. The molecule has 0 radical (unpaired) electrons. The Bertz CT molecular complexity index is 309. The monoisotopic (exact) mass is 272 g/mol. The molecular weight excluding hydrogens is 248 g/mol. The first kappa shape index (κ1) is 15.9. The highest BCUT2D eigenvalue weighted by atomic mass is 16.5. The maximum absolute atomic E-state index is 11.5. The van der Waals surface area contributed by atoms with Gasteiger partial charge in [-0.05, 0) is 18.8 Å². The molecule has 0 bridgehead atoms. The minimum absolute atomic E-state index is 0.243. The molecule has 0 aromatic carbocycles. The van der Waals surface area contributed by atoms with Gasteiger partial charge in [0.1, 0.15) is 6.04 Å². The summed E-state index contributed by atoms with van der Waals surface area (Å²) < 4.78 is 10.3. The zero-order valence-electron chi connectivity index (χ0n) is 11.9. The molecule has 3 unspecified atom stereocenters. The summed E-state index contributed by atoms with van der Waals surface area (Å²) in [6, 6.07) is -0.634. The van der Waals surface area contributed by atoms with Gasteiger partial charge in [-0.25, -0.2) is 4.79 Å². The van der Waals surface area contributed by atoms with Crippen molar-refractivity contribution >= 4 is 11.9 Å². The summed E-state index contributed by atoms with van der Waals surface area (Å²) in [5, 5.41) is 5.79. The second kappa shape index (κ2) is 8.12. The molecule has 1 heterocycles. The number of methoxy groups -OCH3 is 1. The minimum atomic E-state index is -0.634. The summed E-state index contributed by atoms with van der Waals surface area (Å²) >= 11 is 0. The molecule has 6 nitrogen and oxygen atoms in total.